The number of hydrogen-bond acceptors (Lipinski definition) is 3. The van der Waals surface area contributed by atoms with Crippen LogP contribution in [0.4, 0.5) is 4.39 Å². The molecule has 24 heavy (non-hydrogen) atoms. The molecule has 0 unspecified atom stereocenters. The first kappa shape index (κ1) is 18.2. The zero-order valence-electron chi connectivity index (χ0n) is 13.3. The molecule has 0 saturated carbocycles. The van der Waals surface area contributed by atoms with Gasteiger partial charge in [0.15, 0.2) is 0 Å². The smallest absolute Gasteiger partial charge is 0.237 e. The monoisotopic (exact) mass is 351 g/mol. The lowest BCUT2D eigenvalue weighted by Crippen LogP contribution is -2.35. The van der Waals surface area contributed by atoms with Crippen molar-refractivity contribution in [3.8, 4) is 5.75 Å². The van der Waals surface area contributed by atoms with Gasteiger partial charge in [-0.25, -0.2) is 4.39 Å². The van der Waals surface area contributed by atoms with Gasteiger partial charge in [-0.2, -0.15) is 0 Å². The number of nitrogens with zero attached hydrogens (tertiary/aromatic N) is 1. The first-order valence-electron chi connectivity index (χ1n) is 7.44. The molecule has 0 bridgehead atoms. The molecule has 0 aliphatic rings. The molecule has 0 aliphatic heterocycles. The number of carbonyl (C=O) groups is 1. The van der Waals surface area contributed by atoms with E-state index in [1.165, 1.54) is 30.2 Å². The van der Waals surface area contributed by atoms with Crippen molar-refractivity contribution < 1.29 is 19.0 Å². The Morgan fingerprint density at radius 3 is 2.62 bits per heavy atom. The number of amides is 1. The highest BCUT2D eigenvalue weighted by atomic mass is 35.5. The van der Waals surface area contributed by atoms with Gasteiger partial charge in [-0.3, -0.25) is 4.79 Å². The molecule has 0 heterocycles. The fourth-order valence-electron chi connectivity index (χ4n) is 2.41. The highest BCUT2D eigenvalue weighted by Crippen LogP contribution is 2.27. The first-order chi connectivity index (χ1) is 11.5. The number of aliphatic hydroxyl groups excluding tert-OH is 1. The molecule has 0 fully saturated rings. The van der Waals surface area contributed by atoms with E-state index in [9.17, 15) is 14.3 Å². The minimum atomic E-state index is -1.02. The van der Waals surface area contributed by atoms with Gasteiger partial charge in [-0.15, -0.1) is 11.6 Å². The van der Waals surface area contributed by atoms with Crippen LogP contribution in [0.5, 0.6) is 5.75 Å². The quantitative estimate of drug-likeness (QED) is 0.780. The van der Waals surface area contributed by atoms with E-state index in [0.717, 1.165) is 5.56 Å². The first-order valence-corrected chi connectivity index (χ1v) is 7.97. The van der Waals surface area contributed by atoms with Crippen LogP contribution >= 0.6 is 11.6 Å². The summed E-state index contributed by atoms with van der Waals surface area (Å²) in [7, 11) is 1.40. The summed E-state index contributed by atoms with van der Waals surface area (Å²) in [6.45, 7) is 0.357. The third-order valence-corrected chi connectivity index (χ3v) is 3.86. The van der Waals surface area contributed by atoms with E-state index in [2.05, 4.69) is 0 Å². The molecule has 6 heteroatoms. The van der Waals surface area contributed by atoms with Crippen molar-refractivity contribution in [3.63, 3.8) is 0 Å². The normalized spacial score (nSPS) is 11.8. The molecule has 1 amide bonds. The highest BCUT2D eigenvalue weighted by molar-refractivity contribution is 6.27. The van der Waals surface area contributed by atoms with Crippen molar-refractivity contribution >= 4 is 17.5 Å². The van der Waals surface area contributed by atoms with Gasteiger partial charge in [0.05, 0.1) is 13.7 Å². The lowest BCUT2D eigenvalue weighted by Gasteiger charge is -2.25. The van der Waals surface area contributed by atoms with Crippen molar-refractivity contribution in [3.05, 3.63) is 65.5 Å². The van der Waals surface area contributed by atoms with Gasteiger partial charge < -0.3 is 14.7 Å². The third-order valence-electron chi connectivity index (χ3n) is 3.63. The molecule has 0 saturated heterocycles. The van der Waals surface area contributed by atoms with Crippen molar-refractivity contribution in [1.82, 2.24) is 4.90 Å². The van der Waals surface area contributed by atoms with Crippen molar-refractivity contribution in [2.75, 3.05) is 19.5 Å². The molecule has 128 valence electrons. The summed E-state index contributed by atoms with van der Waals surface area (Å²) in [6, 6.07) is 13.3. The summed E-state index contributed by atoms with van der Waals surface area (Å²) >= 11 is 5.67. The van der Waals surface area contributed by atoms with Crippen LogP contribution in [0.15, 0.2) is 48.5 Å². The molecular weight excluding hydrogens is 333 g/mol. The van der Waals surface area contributed by atoms with Crippen LogP contribution in [-0.4, -0.2) is 35.4 Å². The summed E-state index contributed by atoms with van der Waals surface area (Å²) in [6.07, 6.45) is -1.02. The number of halogens is 2. The van der Waals surface area contributed by atoms with Gasteiger partial charge in [0.2, 0.25) is 5.91 Å². The molecule has 1 atom stereocenters. The van der Waals surface area contributed by atoms with E-state index >= 15 is 0 Å². The van der Waals surface area contributed by atoms with Crippen LogP contribution in [0, 0.1) is 5.82 Å². The Hall–Kier alpha value is -2.11. The van der Waals surface area contributed by atoms with Gasteiger partial charge in [0.25, 0.3) is 0 Å². The van der Waals surface area contributed by atoms with Gasteiger partial charge in [-0.1, -0.05) is 30.3 Å². The summed E-state index contributed by atoms with van der Waals surface area (Å²) in [5, 5.41) is 10.5. The molecule has 0 radical (unpaired) electrons. The van der Waals surface area contributed by atoms with E-state index in [0.29, 0.717) is 12.1 Å². The zero-order chi connectivity index (χ0) is 17.5. The maximum Gasteiger partial charge on any atom is 0.237 e. The van der Waals surface area contributed by atoms with E-state index in [4.69, 9.17) is 16.3 Å². The Labute approximate surface area is 145 Å². The molecule has 4 nitrogen and oxygen atoms in total. The number of aliphatic hydroxyl groups is 1. The topological polar surface area (TPSA) is 49.8 Å². The molecule has 0 aliphatic carbocycles. The van der Waals surface area contributed by atoms with Crippen LogP contribution < -0.4 is 4.74 Å². The predicted octanol–water partition coefficient (Wildman–Crippen LogP) is 3.14. The number of carbonyl (C=O) groups excluding carboxylic acids is 1. The number of rotatable bonds is 7. The SMILES string of the molecule is COc1cc(F)ccc1[C@H](O)CN(Cc1ccccc1)C(=O)CCl. The van der Waals surface area contributed by atoms with Crippen molar-refractivity contribution in [2.45, 2.75) is 12.6 Å². The Balaban J connectivity index is 2.18. The van der Waals surface area contributed by atoms with Crippen LogP contribution in [-0.2, 0) is 11.3 Å². The lowest BCUT2D eigenvalue weighted by atomic mass is 10.1. The minimum absolute atomic E-state index is 0.0302. The van der Waals surface area contributed by atoms with E-state index in [-0.39, 0.29) is 24.1 Å². The van der Waals surface area contributed by atoms with Crippen LogP contribution in [0.2, 0.25) is 0 Å². The Bertz CT molecular complexity index is 681. The second-order valence-corrected chi connectivity index (χ2v) is 5.56. The zero-order valence-corrected chi connectivity index (χ0v) is 14.0. The molecule has 0 aromatic heterocycles. The fraction of sp³-hybridized carbons (Fsp3) is 0.278. The number of ether oxygens (including phenoxy) is 1. The van der Waals surface area contributed by atoms with Crippen molar-refractivity contribution in [2.24, 2.45) is 0 Å². The second-order valence-electron chi connectivity index (χ2n) is 5.30. The summed E-state index contributed by atoms with van der Waals surface area (Å²) < 4.78 is 18.4. The number of alkyl halides is 1. The number of hydrogen-bond donors (Lipinski definition) is 1. The Morgan fingerprint density at radius 1 is 1.29 bits per heavy atom. The van der Waals surface area contributed by atoms with Crippen LogP contribution in [0.25, 0.3) is 0 Å². The standard InChI is InChI=1S/C18H19ClFNO3/c1-24-17-9-14(20)7-8-15(17)16(22)12-21(18(23)10-19)11-13-5-3-2-4-6-13/h2-9,16,22H,10-12H2,1H3/t16-/m1/s1. The third kappa shape index (κ3) is 4.69. The van der Waals surface area contributed by atoms with Crippen LogP contribution in [0.1, 0.15) is 17.2 Å². The van der Waals surface area contributed by atoms with Gasteiger partial charge in [0, 0.05) is 18.2 Å². The van der Waals surface area contributed by atoms with Crippen molar-refractivity contribution in [1.29, 1.82) is 0 Å². The summed E-state index contributed by atoms with van der Waals surface area (Å²) in [5.41, 5.74) is 1.34. The van der Waals surface area contributed by atoms with Gasteiger partial charge in [0.1, 0.15) is 23.6 Å². The summed E-state index contributed by atoms with van der Waals surface area (Å²) in [4.78, 5) is 13.6. The van der Waals surface area contributed by atoms with Gasteiger partial charge in [-0.05, 0) is 17.7 Å². The Morgan fingerprint density at radius 2 is 2.00 bits per heavy atom. The number of methoxy groups -OCH3 is 1. The fourth-order valence-corrected chi connectivity index (χ4v) is 2.58. The highest BCUT2D eigenvalue weighted by Gasteiger charge is 2.21. The van der Waals surface area contributed by atoms with E-state index in [1.807, 2.05) is 30.3 Å². The average molecular weight is 352 g/mol. The maximum absolute atomic E-state index is 13.3. The average Bonchev–Trinajstić information content (AvgIpc) is 2.61. The second kappa shape index (κ2) is 8.66. The maximum atomic E-state index is 13.3. The van der Waals surface area contributed by atoms with E-state index in [1.54, 1.807) is 0 Å². The molecule has 1 N–H and O–H groups in total. The molecule has 2 aromatic carbocycles. The number of benzene rings is 2. The van der Waals surface area contributed by atoms with E-state index < -0.39 is 11.9 Å². The minimum Gasteiger partial charge on any atom is -0.496 e. The largest absolute Gasteiger partial charge is 0.496 e. The molecule has 2 rings (SSSR count). The molecular formula is C18H19ClFNO3. The Kier molecular flexibility index (Phi) is 6.58. The predicted molar refractivity (Wildman–Crippen MR) is 90.5 cm³/mol. The molecule has 0 spiro atoms. The van der Waals surface area contributed by atoms with Crippen LogP contribution in [0.3, 0.4) is 0 Å². The summed E-state index contributed by atoms with van der Waals surface area (Å²) in [5.74, 6) is -0.693. The lowest BCUT2D eigenvalue weighted by molar-refractivity contribution is -0.130. The van der Waals surface area contributed by atoms with Gasteiger partial charge >= 0.3 is 0 Å². The molecule has 2 aromatic rings.